The lowest BCUT2D eigenvalue weighted by molar-refractivity contribution is -0.131. The van der Waals surface area contributed by atoms with Crippen LogP contribution in [-0.4, -0.2) is 34.4 Å². The SMILES string of the molecule is CN(C)C(=S)SC=CC(=O)O. The van der Waals surface area contributed by atoms with Crippen molar-refractivity contribution < 1.29 is 9.90 Å². The van der Waals surface area contributed by atoms with Gasteiger partial charge in [0, 0.05) is 20.2 Å². The Morgan fingerprint density at radius 2 is 2.18 bits per heavy atom. The first-order valence-corrected chi connectivity index (χ1v) is 4.10. The Hall–Kier alpha value is -0.550. The lowest BCUT2D eigenvalue weighted by Crippen LogP contribution is -2.15. The maximum absolute atomic E-state index is 9.99. The molecule has 62 valence electrons. The highest BCUT2D eigenvalue weighted by Gasteiger charge is 1.95. The number of hydrogen-bond acceptors (Lipinski definition) is 3. The summed E-state index contributed by atoms with van der Waals surface area (Å²) >= 11 is 6.08. The molecule has 0 spiro atoms. The second-order valence-electron chi connectivity index (χ2n) is 1.92. The summed E-state index contributed by atoms with van der Waals surface area (Å²) in [5.41, 5.74) is 0. The van der Waals surface area contributed by atoms with Crippen LogP contribution in [-0.2, 0) is 4.79 Å². The van der Waals surface area contributed by atoms with Gasteiger partial charge in [-0.1, -0.05) is 24.0 Å². The second-order valence-corrected chi connectivity index (χ2v) is 3.46. The Morgan fingerprint density at radius 1 is 1.64 bits per heavy atom. The Labute approximate surface area is 75.1 Å². The van der Waals surface area contributed by atoms with Crippen molar-refractivity contribution in [3.8, 4) is 0 Å². The van der Waals surface area contributed by atoms with E-state index in [1.807, 2.05) is 14.1 Å². The second kappa shape index (κ2) is 5.15. The highest BCUT2D eigenvalue weighted by molar-refractivity contribution is 8.24. The van der Waals surface area contributed by atoms with Gasteiger partial charge in [0.1, 0.15) is 4.32 Å². The van der Waals surface area contributed by atoms with Crippen molar-refractivity contribution >= 4 is 34.3 Å². The van der Waals surface area contributed by atoms with E-state index in [2.05, 4.69) is 0 Å². The van der Waals surface area contributed by atoms with Crippen molar-refractivity contribution in [2.45, 2.75) is 0 Å². The third kappa shape index (κ3) is 5.87. The number of hydrogen-bond donors (Lipinski definition) is 1. The number of nitrogens with zero attached hydrogens (tertiary/aromatic N) is 1. The minimum atomic E-state index is -0.959. The number of carboxylic acids is 1. The molecular formula is C6H9NO2S2. The summed E-state index contributed by atoms with van der Waals surface area (Å²) < 4.78 is 0.641. The summed E-state index contributed by atoms with van der Waals surface area (Å²) in [4.78, 5) is 11.7. The van der Waals surface area contributed by atoms with Crippen LogP contribution in [0.25, 0.3) is 0 Å². The van der Waals surface area contributed by atoms with Crippen LogP contribution in [0.2, 0.25) is 0 Å². The predicted octanol–water partition coefficient (Wildman–Crippen LogP) is 1.16. The van der Waals surface area contributed by atoms with E-state index in [4.69, 9.17) is 17.3 Å². The van der Waals surface area contributed by atoms with E-state index in [0.29, 0.717) is 4.32 Å². The molecule has 0 atom stereocenters. The summed E-state index contributed by atoms with van der Waals surface area (Å²) in [6.45, 7) is 0. The number of carboxylic acid groups (broad SMARTS) is 1. The third-order valence-corrected chi connectivity index (χ3v) is 2.24. The van der Waals surface area contributed by atoms with Crippen molar-refractivity contribution in [3.63, 3.8) is 0 Å². The van der Waals surface area contributed by atoms with Gasteiger partial charge in [0.25, 0.3) is 0 Å². The molecule has 0 aliphatic heterocycles. The maximum Gasteiger partial charge on any atom is 0.328 e. The first-order chi connectivity index (χ1) is 5.04. The molecule has 0 bridgehead atoms. The van der Waals surface area contributed by atoms with Crippen LogP contribution >= 0.6 is 24.0 Å². The van der Waals surface area contributed by atoms with Gasteiger partial charge in [-0.3, -0.25) is 0 Å². The molecule has 5 heteroatoms. The average Bonchev–Trinajstić information content (AvgIpc) is 1.86. The summed E-state index contributed by atoms with van der Waals surface area (Å²) in [6, 6.07) is 0. The molecule has 0 saturated carbocycles. The van der Waals surface area contributed by atoms with Gasteiger partial charge in [-0.2, -0.15) is 0 Å². The minimum absolute atomic E-state index is 0.641. The highest BCUT2D eigenvalue weighted by atomic mass is 32.2. The molecule has 0 heterocycles. The Kier molecular flexibility index (Phi) is 4.89. The number of thiocarbonyl (C=S) groups is 1. The van der Waals surface area contributed by atoms with E-state index < -0.39 is 5.97 Å². The van der Waals surface area contributed by atoms with Crippen molar-refractivity contribution in [1.82, 2.24) is 4.90 Å². The quantitative estimate of drug-likeness (QED) is 0.524. The van der Waals surface area contributed by atoms with Gasteiger partial charge in [-0.25, -0.2) is 4.79 Å². The lowest BCUT2D eigenvalue weighted by Gasteiger charge is -2.09. The van der Waals surface area contributed by atoms with Crippen LogP contribution in [0.5, 0.6) is 0 Å². The summed E-state index contributed by atoms with van der Waals surface area (Å²) in [5, 5.41) is 9.66. The zero-order valence-electron chi connectivity index (χ0n) is 6.27. The van der Waals surface area contributed by atoms with Crippen molar-refractivity contribution in [2.24, 2.45) is 0 Å². The molecule has 0 saturated heterocycles. The molecule has 0 aromatic carbocycles. The average molecular weight is 191 g/mol. The molecule has 0 unspecified atom stereocenters. The lowest BCUT2D eigenvalue weighted by atomic mass is 10.7. The molecular weight excluding hydrogens is 182 g/mol. The van der Waals surface area contributed by atoms with E-state index in [1.54, 1.807) is 4.90 Å². The molecule has 0 amide bonds. The molecule has 0 aromatic rings. The number of rotatable bonds is 2. The summed E-state index contributed by atoms with van der Waals surface area (Å²) in [5.74, 6) is -0.959. The Morgan fingerprint density at radius 3 is 2.55 bits per heavy atom. The molecule has 0 aliphatic rings. The fraction of sp³-hybridized carbons (Fsp3) is 0.333. The number of aliphatic carboxylic acids is 1. The largest absolute Gasteiger partial charge is 0.478 e. The molecule has 1 N–H and O–H groups in total. The zero-order valence-corrected chi connectivity index (χ0v) is 7.91. The first-order valence-electron chi connectivity index (χ1n) is 2.81. The summed E-state index contributed by atoms with van der Waals surface area (Å²) in [6.07, 6.45) is 1.06. The van der Waals surface area contributed by atoms with Crippen LogP contribution < -0.4 is 0 Å². The van der Waals surface area contributed by atoms with E-state index in [-0.39, 0.29) is 0 Å². The molecule has 0 rings (SSSR count). The molecule has 0 aromatic heterocycles. The topological polar surface area (TPSA) is 40.5 Å². The zero-order chi connectivity index (χ0) is 8.85. The van der Waals surface area contributed by atoms with Gasteiger partial charge in [0.2, 0.25) is 0 Å². The normalized spacial score (nSPS) is 10.0. The van der Waals surface area contributed by atoms with E-state index in [0.717, 1.165) is 6.08 Å². The number of carbonyl (C=O) groups is 1. The smallest absolute Gasteiger partial charge is 0.328 e. The molecule has 0 fully saturated rings. The van der Waals surface area contributed by atoms with Crippen molar-refractivity contribution in [1.29, 1.82) is 0 Å². The van der Waals surface area contributed by atoms with Crippen LogP contribution in [0, 0.1) is 0 Å². The molecule has 0 aliphatic carbocycles. The van der Waals surface area contributed by atoms with Gasteiger partial charge < -0.3 is 10.0 Å². The minimum Gasteiger partial charge on any atom is -0.478 e. The van der Waals surface area contributed by atoms with Gasteiger partial charge in [0.05, 0.1) is 0 Å². The number of thioether (sulfide) groups is 1. The van der Waals surface area contributed by atoms with E-state index >= 15 is 0 Å². The Balaban J connectivity index is 3.71. The molecule has 0 radical (unpaired) electrons. The first kappa shape index (κ1) is 10.4. The Bertz CT molecular complexity index is 189. The van der Waals surface area contributed by atoms with Crippen LogP contribution in [0.1, 0.15) is 0 Å². The van der Waals surface area contributed by atoms with Gasteiger partial charge in [-0.05, 0) is 5.41 Å². The van der Waals surface area contributed by atoms with Crippen LogP contribution in [0.15, 0.2) is 11.5 Å². The molecule has 3 nitrogen and oxygen atoms in total. The predicted molar refractivity (Wildman–Crippen MR) is 50.7 cm³/mol. The van der Waals surface area contributed by atoms with Gasteiger partial charge >= 0.3 is 5.97 Å². The van der Waals surface area contributed by atoms with Crippen LogP contribution in [0.4, 0.5) is 0 Å². The maximum atomic E-state index is 9.99. The standard InChI is InChI=1S/C6H9NO2S2/c1-7(2)6(10)11-4-3-5(8)9/h3-4H,1-2H3,(H,8,9). The summed E-state index contributed by atoms with van der Waals surface area (Å²) in [7, 11) is 3.62. The fourth-order valence-electron chi connectivity index (χ4n) is 0.256. The monoisotopic (exact) mass is 191 g/mol. The van der Waals surface area contributed by atoms with Crippen molar-refractivity contribution in [2.75, 3.05) is 14.1 Å². The van der Waals surface area contributed by atoms with Crippen molar-refractivity contribution in [3.05, 3.63) is 11.5 Å². The van der Waals surface area contributed by atoms with Gasteiger partial charge in [-0.15, -0.1) is 0 Å². The fourth-order valence-corrected chi connectivity index (χ4v) is 0.934. The van der Waals surface area contributed by atoms with Crippen LogP contribution in [0.3, 0.4) is 0 Å². The molecule has 11 heavy (non-hydrogen) atoms. The van der Waals surface area contributed by atoms with Gasteiger partial charge in [0.15, 0.2) is 0 Å². The van der Waals surface area contributed by atoms with E-state index in [9.17, 15) is 4.79 Å². The van der Waals surface area contributed by atoms with E-state index in [1.165, 1.54) is 17.2 Å². The highest BCUT2D eigenvalue weighted by Crippen LogP contribution is 2.07. The third-order valence-electron chi connectivity index (χ3n) is 0.745.